The Labute approximate surface area is 134 Å². The molecule has 118 valence electrons. The molecule has 0 N–H and O–H groups in total. The highest BCUT2D eigenvalue weighted by atomic mass is 16.5. The topological polar surface area (TPSA) is 65.0 Å². The van der Waals surface area contributed by atoms with Crippen molar-refractivity contribution in [2.24, 2.45) is 4.99 Å². The summed E-state index contributed by atoms with van der Waals surface area (Å²) < 4.78 is 10.3. The Balaban J connectivity index is 2.02. The van der Waals surface area contributed by atoms with Crippen molar-refractivity contribution in [1.29, 1.82) is 0 Å². The minimum absolute atomic E-state index is 0.00401. The summed E-state index contributed by atoms with van der Waals surface area (Å²) in [6, 6.07) is 16.3. The van der Waals surface area contributed by atoms with Crippen molar-refractivity contribution in [1.82, 2.24) is 0 Å². The summed E-state index contributed by atoms with van der Waals surface area (Å²) in [5.74, 6) is 0.267. The standard InChI is InChI=1S/C18H17NO4/c1-22-18(21)11-17(19-13-20)15-7-9-16(10-8-15)23-12-14-5-3-2-4-6-14/h2-10,17H,11-12H2,1H3/t17-/m1/s1. The number of hydrogen-bond donors (Lipinski definition) is 0. The van der Waals surface area contributed by atoms with Crippen molar-refractivity contribution < 1.29 is 19.1 Å². The van der Waals surface area contributed by atoms with Crippen molar-refractivity contribution in [3.05, 3.63) is 65.7 Å². The Hall–Kier alpha value is -2.91. The number of carbonyl (C=O) groups excluding carboxylic acids is 2. The van der Waals surface area contributed by atoms with E-state index in [0.717, 1.165) is 11.1 Å². The third kappa shape index (κ3) is 5.09. The Morgan fingerprint density at radius 1 is 1.13 bits per heavy atom. The third-order valence-electron chi connectivity index (χ3n) is 3.31. The summed E-state index contributed by atoms with van der Waals surface area (Å²) in [5, 5.41) is 0. The van der Waals surface area contributed by atoms with Gasteiger partial charge in [0.05, 0.1) is 19.6 Å². The number of rotatable bonds is 7. The van der Waals surface area contributed by atoms with Gasteiger partial charge in [-0.15, -0.1) is 0 Å². The number of benzene rings is 2. The number of aliphatic imine (C=N–C) groups is 1. The Bertz CT molecular complexity index is 676. The maximum atomic E-state index is 11.4. The maximum Gasteiger partial charge on any atom is 0.308 e. The van der Waals surface area contributed by atoms with Crippen molar-refractivity contribution in [2.45, 2.75) is 19.1 Å². The van der Waals surface area contributed by atoms with E-state index in [1.54, 1.807) is 24.3 Å². The quantitative estimate of drug-likeness (QED) is 0.447. The molecule has 5 nitrogen and oxygen atoms in total. The summed E-state index contributed by atoms with van der Waals surface area (Å²) >= 11 is 0. The number of isocyanates is 1. The molecule has 0 aliphatic carbocycles. The van der Waals surface area contributed by atoms with Gasteiger partial charge in [0.2, 0.25) is 6.08 Å². The van der Waals surface area contributed by atoms with Crippen LogP contribution in [0.25, 0.3) is 0 Å². The predicted octanol–water partition coefficient (Wildman–Crippen LogP) is 3.21. The van der Waals surface area contributed by atoms with E-state index in [9.17, 15) is 9.59 Å². The first-order chi connectivity index (χ1) is 11.2. The molecule has 0 bridgehead atoms. The molecule has 2 aromatic carbocycles. The highest BCUT2D eigenvalue weighted by Gasteiger charge is 2.15. The summed E-state index contributed by atoms with van der Waals surface area (Å²) in [4.78, 5) is 25.5. The van der Waals surface area contributed by atoms with Gasteiger partial charge >= 0.3 is 5.97 Å². The lowest BCUT2D eigenvalue weighted by Crippen LogP contribution is -2.07. The van der Waals surface area contributed by atoms with Crippen LogP contribution in [0, 0.1) is 0 Å². The first kappa shape index (κ1) is 16.5. The van der Waals surface area contributed by atoms with Gasteiger partial charge in [0.15, 0.2) is 0 Å². The lowest BCUT2D eigenvalue weighted by molar-refractivity contribution is -0.141. The molecule has 0 spiro atoms. The van der Waals surface area contributed by atoms with E-state index < -0.39 is 12.0 Å². The van der Waals surface area contributed by atoms with E-state index in [1.165, 1.54) is 13.2 Å². The molecular formula is C18H17NO4. The molecule has 0 unspecified atom stereocenters. The fourth-order valence-corrected chi connectivity index (χ4v) is 2.07. The average Bonchev–Trinajstić information content (AvgIpc) is 2.61. The van der Waals surface area contributed by atoms with Crippen molar-refractivity contribution in [2.75, 3.05) is 7.11 Å². The summed E-state index contributed by atoms with van der Waals surface area (Å²) in [6.07, 6.45) is 1.49. The van der Waals surface area contributed by atoms with Gasteiger partial charge in [0.25, 0.3) is 0 Å². The fraction of sp³-hybridized carbons (Fsp3) is 0.222. The van der Waals surface area contributed by atoms with Crippen LogP contribution in [-0.2, 0) is 20.9 Å². The van der Waals surface area contributed by atoms with Crippen molar-refractivity contribution in [3.8, 4) is 5.75 Å². The smallest absolute Gasteiger partial charge is 0.308 e. The maximum absolute atomic E-state index is 11.4. The number of hydrogen-bond acceptors (Lipinski definition) is 5. The van der Waals surface area contributed by atoms with Gasteiger partial charge in [-0.3, -0.25) is 4.79 Å². The molecule has 0 radical (unpaired) electrons. The van der Waals surface area contributed by atoms with E-state index in [0.29, 0.717) is 12.4 Å². The molecule has 0 amide bonds. The minimum Gasteiger partial charge on any atom is -0.489 e. The molecule has 0 saturated heterocycles. The van der Waals surface area contributed by atoms with Crippen LogP contribution in [0.3, 0.4) is 0 Å². The molecule has 0 aliphatic heterocycles. The van der Waals surface area contributed by atoms with Crippen LogP contribution >= 0.6 is 0 Å². The van der Waals surface area contributed by atoms with Crippen LogP contribution in [-0.4, -0.2) is 19.2 Å². The normalized spacial score (nSPS) is 11.2. The van der Waals surface area contributed by atoms with Crippen LogP contribution in [0.15, 0.2) is 59.6 Å². The zero-order valence-corrected chi connectivity index (χ0v) is 12.8. The molecule has 0 fully saturated rings. The monoisotopic (exact) mass is 311 g/mol. The highest BCUT2D eigenvalue weighted by Crippen LogP contribution is 2.24. The van der Waals surface area contributed by atoms with Gasteiger partial charge in [-0.1, -0.05) is 42.5 Å². The molecule has 5 heteroatoms. The molecule has 0 saturated carbocycles. The molecule has 0 aromatic heterocycles. The fourth-order valence-electron chi connectivity index (χ4n) is 2.07. The molecule has 1 atom stereocenters. The van der Waals surface area contributed by atoms with Gasteiger partial charge in [0, 0.05) is 0 Å². The zero-order chi connectivity index (χ0) is 16.5. The molecular weight excluding hydrogens is 294 g/mol. The second kappa shape index (κ2) is 8.51. The zero-order valence-electron chi connectivity index (χ0n) is 12.8. The summed E-state index contributed by atoms with van der Waals surface area (Å²) in [7, 11) is 1.30. The van der Waals surface area contributed by atoms with Gasteiger partial charge in [-0.2, -0.15) is 4.99 Å². The van der Waals surface area contributed by atoms with Crippen molar-refractivity contribution >= 4 is 12.0 Å². The van der Waals surface area contributed by atoms with E-state index >= 15 is 0 Å². The summed E-state index contributed by atoms with van der Waals surface area (Å²) in [6.45, 7) is 0.471. The minimum atomic E-state index is -0.594. The first-order valence-corrected chi connectivity index (χ1v) is 7.13. The Kier molecular flexibility index (Phi) is 6.09. The average molecular weight is 311 g/mol. The lowest BCUT2D eigenvalue weighted by Gasteiger charge is -2.11. The molecule has 0 heterocycles. The number of nitrogens with zero attached hydrogens (tertiary/aromatic N) is 1. The van der Waals surface area contributed by atoms with Gasteiger partial charge < -0.3 is 9.47 Å². The van der Waals surface area contributed by atoms with Crippen LogP contribution in [0.4, 0.5) is 0 Å². The van der Waals surface area contributed by atoms with Crippen LogP contribution in [0.2, 0.25) is 0 Å². The van der Waals surface area contributed by atoms with Gasteiger partial charge in [0.1, 0.15) is 12.4 Å². The Morgan fingerprint density at radius 3 is 2.43 bits per heavy atom. The van der Waals surface area contributed by atoms with E-state index in [2.05, 4.69) is 9.73 Å². The second-order valence-corrected chi connectivity index (χ2v) is 4.86. The van der Waals surface area contributed by atoms with Crippen LogP contribution < -0.4 is 4.74 Å². The Morgan fingerprint density at radius 2 is 1.83 bits per heavy atom. The van der Waals surface area contributed by atoms with Crippen molar-refractivity contribution in [3.63, 3.8) is 0 Å². The highest BCUT2D eigenvalue weighted by molar-refractivity contribution is 5.70. The lowest BCUT2D eigenvalue weighted by atomic mass is 10.0. The molecule has 0 aliphatic rings. The number of methoxy groups -OCH3 is 1. The first-order valence-electron chi connectivity index (χ1n) is 7.13. The molecule has 2 aromatic rings. The van der Waals surface area contributed by atoms with E-state index in [1.807, 2.05) is 30.3 Å². The van der Waals surface area contributed by atoms with Crippen LogP contribution in [0.5, 0.6) is 5.75 Å². The molecule has 23 heavy (non-hydrogen) atoms. The van der Waals surface area contributed by atoms with E-state index in [-0.39, 0.29) is 6.42 Å². The number of esters is 1. The number of carbonyl (C=O) groups is 1. The molecule has 2 rings (SSSR count). The third-order valence-corrected chi connectivity index (χ3v) is 3.31. The van der Waals surface area contributed by atoms with Gasteiger partial charge in [-0.25, -0.2) is 4.79 Å². The summed E-state index contributed by atoms with van der Waals surface area (Å²) in [5.41, 5.74) is 1.80. The number of ether oxygens (including phenoxy) is 2. The van der Waals surface area contributed by atoms with Gasteiger partial charge in [-0.05, 0) is 23.3 Å². The van der Waals surface area contributed by atoms with Crippen LogP contribution in [0.1, 0.15) is 23.6 Å². The largest absolute Gasteiger partial charge is 0.489 e. The second-order valence-electron chi connectivity index (χ2n) is 4.86. The SMILES string of the molecule is COC(=O)C[C@@H](N=C=O)c1ccc(OCc2ccccc2)cc1. The predicted molar refractivity (Wildman–Crippen MR) is 84.7 cm³/mol. The van der Waals surface area contributed by atoms with E-state index in [4.69, 9.17) is 4.74 Å².